The van der Waals surface area contributed by atoms with Crippen molar-refractivity contribution in [3.63, 3.8) is 0 Å². The van der Waals surface area contributed by atoms with Crippen molar-refractivity contribution >= 4 is 0 Å². The van der Waals surface area contributed by atoms with Crippen molar-refractivity contribution in [3.05, 3.63) is 18.0 Å². The average molecular weight is 168 g/mol. The maximum Gasteiger partial charge on any atom is 0.0490 e. The Labute approximate surface area is 72.8 Å². The van der Waals surface area contributed by atoms with E-state index in [0.717, 1.165) is 26.1 Å². The summed E-state index contributed by atoms with van der Waals surface area (Å²) in [6, 6.07) is 2.00. The minimum absolute atomic E-state index is 0.722. The summed E-state index contributed by atoms with van der Waals surface area (Å²) in [7, 11) is 2.07. The number of H-pyrrole nitrogens is 1. The van der Waals surface area contributed by atoms with Crippen molar-refractivity contribution in [1.29, 1.82) is 0 Å². The summed E-state index contributed by atoms with van der Waals surface area (Å²) in [6.45, 7) is 2.70. The smallest absolute Gasteiger partial charge is 0.0490 e. The van der Waals surface area contributed by atoms with Gasteiger partial charge in [-0.15, -0.1) is 0 Å². The minimum atomic E-state index is 0.722. The number of hydrogen-bond donors (Lipinski definition) is 2. The van der Waals surface area contributed by atoms with Gasteiger partial charge in [0.15, 0.2) is 0 Å². The molecule has 0 saturated heterocycles. The molecule has 0 saturated carbocycles. The maximum atomic E-state index is 5.42. The van der Waals surface area contributed by atoms with Gasteiger partial charge >= 0.3 is 0 Å². The van der Waals surface area contributed by atoms with Gasteiger partial charge in [0.05, 0.1) is 0 Å². The zero-order valence-electron chi connectivity index (χ0n) is 7.45. The summed E-state index contributed by atoms with van der Waals surface area (Å²) >= 11 is 0. The molecule has 0 aliphatic carbocycles. The van der Waals surface area contributed by atoms with Gasteiger partial charge in [0.1, 0.15) is 0 Å². The highest BCUT2D eigenvalue weighted by atomic mass is 15.1. The van der Waals surface area contributed by atoms with E-state index >= 15 is 0 Å². The molecule has 0 spiro atoms. The summed E-state index contributed by atoms with van der Waals surface area (Å²) in [6.07, 6.45) is 2.79. The Morgan fingerprint density at radius 2 is 2.42 bits per heavy atom. The third-order valence-electron chi connectivity index (χ3n) is 1.83. The van der Waals surface area contributed by atoms with E-state index in [1.54, 1.807) is 6.20 Å². The van der Waals surface area contributed by atoms with Gasteiger partial charge in [0, 0.05) is 37.9 Å². The second kappa shape index (κ2) is 4.90. The molecule has 1 aromatic heterocycles. The van der Waals surface area contributed by atoms with Gasteiger partial charge in [-0.2, -0.15) is 5.10 Å². The molecule has 0 radical (unpaired) electrons. The predicted octanol–water partition coefficient (Wildman–Crippen LogP) is -0.157. The maximum absolute atomic E-state index is 5.42. The number of likely N-dealkylation sites (N-methyl/N-ethyl adjacent to an activating group) is 1. The zero-order valence-corrected chi connectivity index (χ0v) is 7.45. The highest BCUT2D eigenvalue weighted by molar-refractivity contribution is 4.97. The van der Waals surface area contributed by atoms with E-state index in [1.165, 1.54) is 5.69 Å². The number of nitrogens with one attached hydrogen (secondary N) is 1. The Balaban J connectivity index is 2.17. The highest BCUT2D eigenvalue weighted by Gasteiger charge is 1.97. The molecule has 4 heteroatoms. The van der Waals surface area contributed by atoms with Gasteiger partial charge in [0.2, 0.25) is 0 Å². The standard InChI is InChI=1S/C8H16N4/c1-12(7-4-9)6-3-8-2-5-10-11-8/h2,5H,3-4,6-7,9H2,1H3,(H,10,11). The van der Waals surface area contributed by atoms with Crippen LogP contribution in [0.3, 0.4) is 0 Å². The fourth-order valence-electron chi connectivity index (χ4n) is 1.07. The van der Waals surface area contributed by atoms with Crippen molar-refractivity contribution in [1.82, 2.24) is 15.1 Å². The summed E-state index contributed by atoms with van der Waals surface area (Å²) in [5.41, 5.74) is 6.60. The van der Waals surface area contributed by atoms with Crippen LogP contribution >= 0.6 is 0 Å². The van der Waals surface area contributed by atoms with Crippen LogP contribution in [0.15, 0.2) is 12.3 Å². The van der Waals surface area contributed by atoms with Crippen molar-refractivity contribution in [3.8, 4) is 0 Å². The lowest BCUT2D eigenvalue weighted by molar-refractivity contribution is 0.346. The molecule has 0 bridgehead atoms. The summed E-state index contributed by atoms with van der Waals surface area (Å²) < 4.78 is 0. The Kier molecular flexibility index (Phi) is 3.76. The van der Waals surface area contributed by atoms with E-state index in [1.807, 2.05) is 6.07 Å². The lowest BCUT2D eigenvalue weighted by Crippen LogP contribution is -2.27. The molecule has 1 aromatic rings. The molecule has 0 unspecified atom stereocenters. The van der Waals surface area contributed by atoms with Crippen molar-refractivity contribution in [2.75, 3.05) is 26.7 Å². The Morgan fingerprint density at radius 1 is 1.58 bits per heavy atom. The van der Waals surface area contributed by atoms with E-state index in [2.05, 4.69) is 22.1 Å². The number of aromatic amines is 1. The van der Waals surface area contributed by atoms with Crippen LogP contribution in [-0.2, 0) is 6.42 Å². The SMILES string of the molecule is CN(CCN)CCc1ccn[nH]1. The predicted molar refractivity (Wildman–Crippen MR) is 48.8 cm³/mol. The highest BCUT2D eigenvalue weighted by Crippen LogP contribution is 1.94. The second-order valence-corrected chi connectivity index (χ2v) is 2.92. The topological polar surface area (TPSA) is 57.9 Å². The molecule has 0 fully saturated rings. The first-order chi connectivity index (χ1) is 5.83. The third kappa shape index (κ3) is 3.02. The first-order valence-corrected chi connectivity index (χ1v) is 4.20. The number of aromatic nitrogens is 2. The number of hydrogen-bond acceptors (Lipinski definition) is 3. The summed E-state index contributed by atoms with van der Waals surface area (Å²) in [4.78, 5) is 2.21. The Bertz CT molecular complexity index is 195. The molecule has 4 nitrogen and oxygen atoms in total. The van der Waals surface area contributed by atoms with Gasteiger partial charge < -0.3 is 10.6 Å². The van der Waals surface area contributed by atoms with Gasteiger partial charge in [-0.1, -0.05) is 0 Å². The second-order valence-electron chi connectivity index (χ2n) is 2.92. The van der Waals surface area contributed by atoms with E-state index < -0.39 is 0 Å². The molecule has 0 aromatic carbocycles. The van der Waals surface area contributed by atoms with Crippen LogP contribution in [0.2, 0.25) is 0 Å². The fourth-order valence-corrected chi connectivity index (χ4v) is 1.07. The third-order valence-corrected chi connectivity index (χ3v) is 1.83. The van der Waals surface area contributed by atoms with Crippen LogP contribution in [0.5, 0.6) is 0 Å². The zero-order chi connectivity index (χ0) is 8.81. The quantitative estimate of drug-likeness (QED) is 0.642. The Morgan fingerprint density at radius 3 is 3.00 bits per heavy atom. The normalized spacial score (nSPS) is 10.9. The van der Waals surface area contributed by atoms with E-state index in [9.17, 15) is 0 Å². The van der Waals surface area contributed by atoms with E-state index in [4.69, 9.17) is 5.73 Å². The minimum Gasteiger partial charge on any atom is -0.329 e. The van der Waals surface area contributed by atoms with E-state index in [-0.39, 0.29) is 0 Å². The van der Waals surface area contributed by atoms with Crippen LogP contribution in [0.4, 0.5) is 0 Å². The largest absolute Gasteiger partial charge is 0.329 e. The van der Waals surface area contributed by atoms with Crippen LogP contribution < -0.4 is 5.73 Å². The Hall–Kier alpha value is -0.870. The first-order valence-electron chi connectivity index (χ1n) is 4.20. The molecule has 0 amide bonds. The van der Waals surface area contributed by atoms with Gasteiger partial charge in [-0.05, 0) is 13.1 Å². The number of nitrogens with zero attached hydrogens (tertiary/aromatic N) is 2. The molecular weight excluding hydrogens is 152 g/mol. The lowest BCUT2D eigenvalue weighted by Gasteiger charge is -2.13. The summed E-state index contributed by atoms with van der Waals surface area (Å²) in [5, 5.41) is 6.80. The van der Waals surface area contributed by atoms with Crippen LogP contribution in [-0.4, -0.2) is 41.8 Å². The molecule has 1 heterocycles. The molecule has 0 atom stereocenters. The van der Waals surface area contributed by atoms with Gasteiger partial charge in [-0.3, -0.25) is 5.10 Å². The molecule has 68 valence electrons. The van der Waals surface area contributed by atoms with Crippen LogP contribution in [0, 0.1) is 0 Å². The van der Waals surface area contributed by atoms with Crippen molar-refractivity contribution < 1.29 is 0 Å². The van der Waals surface area contributed by atoms with Crippen molar-refractivity contribution in [2.24, 2.45) is 5.73 Å². The van der Waals surface area contributed by atoms with Crippen LogP contribution in [0.1, 0.15) is 5.69 Å². The molecular formula is C8H16N4. The average Bonchev–Trinajstić information content (AvgIpc) is 2.53. The van der Waals surface area contributed by atoms with Gasteiger partial charge in [-0.25, -0.2) is 0 Å². The fraction of sp³-hybridized carbons (Fsp3) is 0.625. The molecule has 3 N–H and O–H groups in total. The molecule has 12 heavy (non-hydrogen) atoms. The van der Waals surface area contributed by atoms with E-state index in [0.29, 0.717) is 0 Å². The molecule has 0 aliphatic heterocycles. The monoisotopic (exact) mass is 168 g/mol. The lowest BCUT2D eigenvalue weighted by atomic mass is 10.3. The summed E-state index contributed by atoms with van der Waals surface area (Å²) in [5.74, 6) is 0. The number of rotatable bonds is 5. The number of nitrogens with two attached hydrogens (primary N) is 1. The molecule has 0 aliphatic rings. The molecule has 1 rings (SSSR count). The van der Waals surface area contributed by atoms with Crippen LogP contribution in [0.25, 0.3) is 0 Å². The van der Waals surface area contributed by atoms with Gasteiger partial charge in [0.25, 0.3) is 0 Å². The van der Waals surface area contributed by atoms with Crippen molar-refractivity contribution in [2.45, 2.75) is 6.42 Å². The first kappa shape index (κ1) is 9.22.